The molecule has 0 aliphatic rings. The Morgan fingerprint density at radius 3 is 2.67 bits per heavy atom. The third kappa shape index (κ3) is 5.19. The number of carbonyl (C=O) groups is 1. The number of rotatable bonds is 5. The summed E-state index contributed by atoms with van der Waals surface area (Å²) >= 11 is 0. The number of amides is 1. The second-order valence-electron chi connectivity index (χ2n) is 5.19. The van der Waals surface area contributed by atoms with Crippen molar-refractivity contribution < 1.29 is 14.6 Å². The van der Waals surface area contributed by atoms with Gasteiger partial charge in [0.15, 0.2) is 0 Å². The van der Waals surface area contributed by atoms with Crippen molar-refractivity contribution in [2.75, 3.05) is 6.54 Å². The van der Waals surface area contributed by atoms with Crippen LogP contribution in [0.4, 0.5) is 0 Å². The summed E-state index contributed by atoms with van der Waals surface area (Å²) in [5, 5.41) is 12.2. The van der Waals surface area contributed by atoms with Gasteiger partial charge in [0.25, 0.3) is 5.91 Å². The van der Waals surface area contributed by atoms with E-state index < -0.39 is 5.60 Å². The molecule has 18 heavy (non-hydrogen) atoms. The van der Waals surface area contributed by atoms with Gasteiger partial charge in [0, 0.05) is 12.1 Å². The van der Waals surface area contributed by atoms with E-state index in [0.29, 0.717) is 11.3 Å². The summed E-state index contributed by atoms with van der Waals surface area (Å²) in [4.78, 5) is 11.9. The highest BCUT2D eigenvalue weighted by Gasteiger charge is 2.15. The first-order valence-electron chi connectivity index (χ1n) is 6.05. The summed E-state index contributed by atoms with van der Waals surface area (Å²) in [7, 11) is 0. The van der Waals surface area contributed by atoms with Crippen LogP contribution in [-0.2, 0) is 0 Å². The molecule has 0 spiro atoms. The average molecular weight is 251 g/mol. The van der Waals surface area contributed by atoms with Crippen LogP contribution in [0.3, 0.4) is 0 Å². The normalized spacial score (nSPS) is 11.4. The molecule has 1 aromatic rings. The highest BCUT2D eigenvalue weighted by atomic mass is 16.5. The number of benzene rings is 1. The van der Waals surface area contributed by atoms with E-state index >= 15 is 0 Å². The molecule has 0 fully saturated rings. The van der Waals surface area contributed by atoms with Crippen molar-refractivity contribution in [3.63, 3.8) is 0 Å². The zero-order valence-electron chi connectivity index (χ0n) is 11.4. The number of aliphatic hydroxyl groups is 1. The van der Waals surface area contributed by atoms with E-state index in [-0.39, 0.29) is 18.6 Å². The Labute approximate surface area is 108 Å². The van der Waals surface area contributed by atoms with Crippen LogP contribution in [-0.4, -0.2) is 29.3 Å². The van der Waals surface area contributed by atoms with Crippen molar-refractivity contribution in [3.05, 3.63) is 29.8 Å². The smallest absolute Gasteiger partial charge is 0.251 e. The summed E-state index contributed by atoms with van der Waals surface area (Å²) < 4.78 is 5.52. The minimum Gasteiger partial charge on any atom is -0.491 e. The van der Waals surface area contributed by atoms with Gasteiger partial charge in [0.1, 0.15) is 5.75 Å². The molecule has 1 rings (SSSR count). The first kappa shape index (κ1) is 14.5. The molecule has 0 radical (unpaired) electrons. The number of ether oxygens (including phenoxy) is 1. The van der Waals surface area contributed by atoms with Gasteiger partial charge in [-0.25, -0.2) is 0 Å². The Balaban J connectivity index is 2.68. The minimum atomic E-state index is -0.915. The lowest BCUT2D eigenvalue weighted by molar-refractivity contribution is 0.0694. The van der Waals surface area contributed by atoms with Crippen molar-refractivity contribution >= 4 is 5.91 Å². The third-order valence-corrected chi connectivity index (χ3v) is 2.15. The van der Waals surface area contributed by atoms with E-state index in [0.717, 1.165) is 0 Å². The number of hydrogen-bond donors (Lipinski definition) is 2. The summed E-state index contributed by atoms with van der Waals surface area (Å²) in [5.74, 6) is 0.451. The van der Waals surface area contributed by atoms with Crippen LogP contribution in [0.15, 0.2) is 24.3 Å². The molecule has 1 amide bonds. The maximum Gasteiger partial charge on any atom is 0.251 e. The van der Waals surface area contributed by atoms with Crippen LogP contribution in [0.2, 0.25) is 0 Å². The molecule has 0 aromatic heterocycles. The minimum absolute atomic E-state index is 0.0692. The molecule has 1 aromatic carbocycles. The number of nitrogens with one attached hydrogen (secondary N) is 1. The first-order chi connectivity index (χ1) is 8.28. The van der Waals surface area contributed by atoms with E-state index in [2.05, 4.69) is 5.32 Å². The Kier molecular flexibility index (Phi) is 4.73. The van der Waals surface area contributed by atoms with Crippen molar-refractivity contribution in [1.29, 1.82) is 0 Å². The van der Waals surface area contributed by atoms with Crippen molar-refractivity contribution in [2.24, 2.45) is 0 Å². The maximum atomic E-state index is 11.9. The molecule has 0 saturated carbocycles. The zero-order chi connectivity index (χ0) is 13.8. The maximum absolute atomic E-state index is 11.9. The average Bonchev–Trinajstić information content (AvgIpc) is 2.24. The second kappa shape index (κ2) is 5.87. The number of carbonyl (C=O) groups excluding carboxylic acids is 1. The molecule has 2 N–H and O–H groups in total. The van der Waals surface area contributed by atoms with Gasteiger partial charge in [-0.2, -0.15) is 0 Å². The van der Waals surface area contributed by atoms with Gasteiger partial charge < -0.3 is 15.2 Å². The van der Waals surface area contributed by atoms with Gasteiger partial charge in [0.05, 0.1) is 11.7 Å². The van der Waals surface area contributed by atoms with Crippen LogP contribution in [0, 0.1) is 0 Å². The highest BCUT2D eigenvalue weighted by molar-refractivity contribution is 5.94. The molecule has 0 heterocycles. The van der Waals surface area contributed by atoms with Gasteiger partial charge in [-0.05, 0) is 45.9 Å². The molecule has 4 heteroatoms. The topological polar surface area (TPSA) is 58.6 Å². The van der Waals surface area contributed by atoms with E-state index in [9.17, 15) is 9.90 Å². The molecular weight excluding hydrogens is 230 g/mol. The van der Waals surface area contributed by atoms with Crippen LogP contribution >= 0.6 is 0 Å². The van der Waals surface area contributed by atoms with Gasteiger partial charge >= 0.3 is 0 Å². The zero-order valence-corrected chi connectivity index (χ0v) is 11.4. The summed E-state index contributed by atoms with van der Waals surface area (Å²) in [6, 6.07) is 7.00. The SMILES string of the molecule is CC(C)Oc1cccc(C(=O)NCC(C)(C)O)c1. The standard InChI is InChI=1S/C14H21NO3/c1-10(2)18-12-7-5-6-11(8-12)13(16)15-9-14(3,4)17/h5-8,10,17H,9H2,1-4H3,(H,15,16). The predicted molar refractivity (Wildman–Crippen MR) is 70.8 cm³/mol. The van der Waals surface area contributed by atoms with Crippen LogP contribution in [0.5, 0.6) is 5.75 Å². The lowest BCUT2D eigenvalue weighted by atomic mass is 10.1. The van der Waals surface area contributed by atoms with Gasteiger partial charge in [-0.1, -0.05) is 6.07 Å². The summed E-state index contributed by atoms with van der Waals surface area (Å²) in [6.45, 7) is 7.36. The fraction of sp³-hybridized carbons (Fsp3) is 0.500. The van der Waals surface area contributed by atoms with Gasteiger partial charge in [-0.15, -0.1) is 0 Å². The lowest BCUT2D eigenvalue weighted by Gasteiger charge is -2.17. The lowest BCUT2D eigenvalue weighted by Crippen LogP contribution is -2.38. The molecule has 0 unspecified atom stereocenters. The quantitative estimate of drug-likeness (QED) is 0.841. The molecule has 100 valence electrons. The van der Waals surface area contributed by atoms with Gasteiger partial charge in [0.2, 0.25) is 0 Å². The van der Waals surface area contributed by atoms with Crippen LogP contribution in [0.25, 0.3) is 0 Å². The molecule has 0 atom stereocenters. The summed E-state index contributed by atoms with van der Waals surface area (Å²) in [6.07, 6.45) is 0.0692. The Hall–Kier alpha value is -1.55. The van der Waals surface area contributed by atoms with E-state index in [1.165, 1.54) is 0 Å². The molecule has 4 nitrogen and oxygen atoms in total. The van der Waals surface area contributed by atoms with E-state index in [1.807, 2.05) is 19.9 Å². The predicted octanol–water partition coefficient (Wildman–Crippen LogP) is 1.97. The van der Waals surface area contributed by atoms with Crippen LogP contribution < -0.4 is 10.1 Å². The largest absolute Gasteiger partial charge is 0.491 e. The molecule has 0 aliphatic heterocycles. The fourth-order valence-electron chi connectivity index (χ4n) is 1.38. The van der Waals surface area contributed by atoms with Gasteiger partial charge in [-0.3, -0.25) is 4.79 Å². The Morgan fingerprint density at radius 2 is 2.11 bits per heavy atom. The van der Waals surface area contributed by atoms with Crippen molar-refractivity contribution in [3.8, 4) is 5.75 Å². The Morgan fingerprint density at radius 1 is 1.44 bits per heavy atom. The third-order valence-electron chi connectivity index (χ3n) is 2.15. The second-order valence-corrected chi connectivity index (χ2v) is 5.19. The van der Waals surface area contributed by atoms with Crippen molar-refractivity contribution in [2.45, 2.75) is 39.4 Å². The molecule has 0 bridgehead atoms. The van der Waals surface area contributed by atoms with Crippen LogP contribution in [0.1, 0.15) is 38.1 Å². The highest BCUT2D eigenvalue weighted by Crippen LogP contribution is 2.15. The van der Waals surface area contributed by atoms with E-state index in [4.69, 9.17) is 4.74 Å². The molecule has 0 saturated heterocycles. The number of hydrogen-bond acceptors (Lipinski definition) is 3. The Bertz CT molecular complexity index is 408. The monoisotopic (exact) mass is 251 g/mol. The van der Waals surface area contributed by atoms with Crippen molar-refractivity contribution in [1.82, 2.24) is 5.32 Å². The molecular formula is C14H21NO3. The fourth-order valence-corrected chi connectivity index (χ4v) is 1.38. The summed E-state index contributed by atoms with van der Waals surface area (Å²) in [5.41, 5.74) is -0.390. The van der Waals surface area contributed by atoms with E-state index in [1.54, 1.807) is 32.0 Å². The first-order valence-corrected chi connectivity index (χ1v) is 6.05. The molecule has 0 aliphatic carbocycles.